The van der Waals surface area contributed by atoms with E-state index in [2.05, 4.69) is 24.8 Å². The fourth-order valence-corrected chi connectivity index (χ4v) is 0.443. The number of hydrogen-bond acceptors (Lipinski definition) is 2. The molecule has 0 amide bonds. The van der Waals surface area contributed by atoms with Gasteiger partial charge in [0.15, 0.2) is 0 Å². The van der Waals surface area contributed by atoms with Crippen molar-refractivity contribution in [1.29, 1.82) is 5.41 Å². The first-order valence-corrected chi connectivity index (χ1v) is 2.89. The van der Waals surface area contributed by atoms with Crippen LogP contribution in [0.1, 0.15) is 12.8 Å². The van der Waals surface area contributed by atoms with E-state index in [1.807, 2.05) is 0 Å². The predicted molar refractivity (Wildman–Crippen MR) is 39.6 cm³/mol. The van der Waals surface area contributed by atoms with Crippen molar-refractivity contribution >= 4 is 35.3 Å². The highest BCUT2D eigenvalue weighted by molar-refractivity contribution is 7.96. The second-order valence-corrected chi connectivity index (χ2v) is 2.03. The summed E-state index contributed by atoms with van der Waals surface area (Å²) in [4.78, 5) is 0. The second-order valence-electron chi connectivity index (χ2n) is 1.15. The first kappa shape index (κ1) is 7.11. The maximum atomic E-state index is 6.80. The third-order valence-electron chi connectivity index (χ3n) is 0.499. The summed E-state index contributed by atoms with van der Waals surface area (Å²) in [5.74, 6) is 0. The summed E-state index contributed by atoms with van der Waals surface area (Å²) in [5, 5.41) is 8.82. The quantitative estimate of drug-likeness (QED) is 0.260. The van der Waals surface area contributed by atoms with Crippen molar-refractivity contribution in [2.24, 2.45) is 0 Å². The Bertz CT molecular complexity index is 79.8. The van der Waals surface area contributed by atoms with E-state index in [9.17, 15) is 0 Å². The predicted octanol–water partition coefficient (Wildman–Crippen LogP) is 1.67. The van der Waals surface area contributed by atoms with Crippen LogP contribution in [0.2, 0.25) is 0 Å². The van der Waals surface area contributed by atoms with Crippen molar-refractivity contribution in [2.75, 3.05) is 0 Å². The molecule has 0 aliphatic heterocycles. The molecule has 1 nitrogen and oxygen atoms in total. The van der Waals surface area contributed by atoms with E-state index in [-0.39, 0.29) is 0 Å². The van der Waals surface area contributed by atoms with Crippen LogP contribution in [0.4, 0.5) is 0 Å². The Morgan fingerprint density at radius 2 is 2.43 bits per heavy atom. The van der Waals surface area contributed by atoms with Crippen molar-refractivity contribution in [1.82, 2.24) is 0 Å². The Balaban J connectivity index is 2.97. The van der Waals surface area contributed by atoms with Crippen LogP contribution in [0.5, 0.6) is 0 Å². The molecule has 0 aromatic rings. The van der Waals surface area contributed by atoms with Gasteiger partial charge in [0.05, 0.1) is 5.04 Å². The van der Waals surface area contributed by atoms with Crippen LogP contribution < -0.4 is 0 Å². The highest BCUT2D eigenvalue weighted by Gasteiger charge is 1.82. The van der Waals surface area contributed by atoms with E-state index in [0.29, 0.717) is 11.5 Å². The molecular weight excluding hydrogens is 126 g/mol. The van der Waals surface area contributed by atoms with Crippen LogP contribution in [0.15, 0.2) is 0 Å². The summed E-state index contributed by atoms with van der Waals surface area (Å²) in [5.41, 5.74) is 0. The lowest BCUT2D eigenvalue weighted by Crippen LogP contribution is -1.82. The topological polar surface area (TPSA) is 23.9 Å². The molecule has 1 N–H and O–H groups in total. The number of thiol groups is 1. The zero-order valence-electron chi connectivity index (χ0n) is 3.85. The summed E-state index contributed by atoms with van der Waals surface area (Å²) in [7, 11) is 0. The van der Waals surface area contributed by atoms with Crippen LogP contribution >= 0.6 is 24.8 Å². The maximum Gasteiger partial charge on any atom is 0.0614 e. The third kappa shape index (κ3) is 6.11. The number of hydrogen-bond donors (Lipinski definition) is 2. The zero-order valence-corrected chi connectivity index (χ0v) is 5.56. The molecule has 0 atom stereocenters. The molecule has 7 heavy (non-hydrogen) atoms. The van der Waals surface area contributed by atoms with Crippen LogP contribution in [0.3, 0.4) is 0 Å². The molecule has 40 valence electrons. The molecule has 0 rings (SSSR count). The minimum atomic E-state index is 0.404. The lowest BCUT2D eigenvalue weighted by Gasteiger charge is -1.85. The Morgan fingerprint density at radius 3 is 2.57 bits per heavy atom. The van der Waals surface area contributed by atoms with E-state index >= 15 is 0 Å². The molecule has 0 aromatic heterocycles. The fourth-order valence-electron chi connectivity index (χ4n) is 0.196. The first-order valence-electron chi connectivity index (χ1n) is 1.97. The summed E-state index contributed by atoms with van der Waals surface area (Å²) in [6.07, 6.45) is 1.48. The average molecular weight is 133 g/mol. The van der Waals surface area contributed by atoms with E-state index in [4.69, 9.17) is 5.41 Å². The molecular formula is C4H7NS2. The lowest BCUT2D eigenvalue weighted by molar-refractivity contribution is 1.19. The zero-order chi connectivity index (χ0) is 5.70. The molecule has 0 unspecified atom stereocenters. The van der Waals surface area contributed by atoms with Gasteiger partial charge in [0, 0.05) is 0 Å². The highest BCUT2D eigenvalue weighted by atomic mass is 32.1. The second kappa shape index (κ2) is 4.27. The third-order valence-corrected chi connectivity index (χ3v) is 0.958. The summed E-state index contributed by atoms with van der Waals surface area (Å²) in [6, 6.07) is 0. The smallest absolute Gasteiger partial charge is 0.0614 e. The number of nitrogens with one attached hydrogen (secondary N) is 1. The Kier molecular flexibility index (Phi) is 4.34. The Hall–Kier alpha value is 0.110. The Morgan fingerprint density at radius 1 is 1.86 bits per heavy atom. The molecule has 0 bridgehead atoms. The normalized spacial score (nSPS) is 8.14. The fraction of sp³-hybridized carbons (Fsp3) is 0.500. The van der Waals surface area contributed by atoms with Crippen molar-refractivity contribution in [3.8, 4) is 0 Å². The summed E-state index contributed by atoms with van der Waals surface area (Å²) in [6.45, 7) is 0. The standard InChI is InChI=1S/C4H7NS2/c5-4(7)2-1-3-6/h3H,1-2H2,(H2,5,7). The lowest BCUT2D eigenvalue weighted by atomic mass is 10.4. The van der Waals surface area contributed by atoms with Gasteiger partial charge in [0.1, 0.15) is 0 Å². The van der Waals surface area contributed by atoms with Gasteiger partial charge < -0.3 is 0 Å². The van der Waals surface area contributed by atoms with E-state index < -0.39 is 0 Å². The monoisotopic (exact) mass is 133 g/mol. The minimum Gasteiger partial charge on any atom is -0.299 e. The molecule has 0 heterocycles. The van der Waals surface area contributed by atoms with Gasteiger partial charge in [0.2, 0.25) is 0 Å². The molecule has 0 spiro atoms. The van der Waals surface area contributed by atoms with Gasteiger partial charge in [-0.25, -0.2) is 0 Å². The Labute approximate surface area is 54.0 Å². The van der Waals surface area contributed by atoms with Crippen LogP contribution in [0, 0.1) is 5.41 Å². The van der Waals surface area contributed by atoms with E-state index in [0.717, 1.165) is 6.42 Å². The van der Waals surface area contributed by atoms with Gasteiger partial charge in [-0.15, -0.1) is 12.6 Å². The molecule has 0 aliphatic rings. The minimum absolute atomic E-state index is 0.404. The average Bonchev–Trinajstić information content (AvgIpc) is 1.61. The van der Waals surface area contributed by atoms with E-state index in [1.54, 1.807) is 5.37 Å². The molecule has 0 fully saturated rings. The maximum absolute atomic E-state index is 6.80. The van der Waals surface area contributed by atoms with Crippen molar-refractivity contribution in [2.45, 2.75) is 12.8 Å². The molecule has 0 aromatic carbocycles. The summed E-state index contributed by atoms with van der Waals surface area (Å²) < 4.78 is 0. The molecule has 0 radical (unpaired) electrons. The van der Waals surface area contributed by atoms with Crippen LogP contribution in [0.25, 0.3) is 0 Å². The van der Waals surface area contributed by atoms with Gasteiger partial charge in [-0.1, -0.05) is 12.2 Å². The number of rotatable bonds is 3. The SMILES string of the molecule is N=C(S)CCC=S. The highest BCUT2D eigenvalue weighted by Crippen LogP contribution is 1.90. The van der Waals surface area contributed by atoms with Gasteiger partial charge >= 0.3 is 0 Å². The molecule has 0 saturated carbocycles. The van der Waals surface area contributed by atoms with Crippen molar-refractivity contribution in [3.05, 3.63) is 0 Å². The van der Waals surface area contributed by atoms with Gasteiger partial charge in [-0.05, 0) is 18.2 Å². The van der Waals surface area contributed by atoms with Gasteiger partial charge in [-0.2, -0.15) is 0 Å². The van der Waals surface area contributed by atoms with Gasteiger partial charge in [-0.3, -0.25) is 5.41 Å². The molecule has 0 aliphatic carbocycles. The largest absolute Gasteiger partial charge is 0.299 e. The molecule has 3 heteroatoms. The van der Waals surface area contributed by atoms with Crippen LogP contribution in [-0.4, -0.2) is 10.4 Å². The first-order chi connectivity index (χ1) is 3.27. The van der Waals surface area contributed by atoms with Crippen LogP contribution in [-0.2, 0) is 0 Å². The molecule has 0 saturated heterocycles. The van der Waals surface area contributed by atoms with E-state index in [1.165, 1.54) is 0 Å². The van der Waals surface area contributed by atoms with Crippen molar-refractivity contribution < 1.29 is 0 Å². The van der Waals surface area contributed by atoms with Crippen molar-refractivity contribution in [3.63, 3.8) is 0 Å². The number of thiocarbonyl (C=S) groups is 1. The summed E-state index contributed by atoms with van der Waals surface area (Å²) >= 11 is 8.26. The van der Waals surface area contributed by atoms with Gasteiger partial charge in [0.25, 0.3) is 0 Å².